The molecule has 25 heavy (non-hydrogen) atoms. The zero-order valence-corrected chi connectivity index (χ0v) is 15.5. The minimum atomic E-state index is -3.54. The van der Waals surface area contributed by atoms with E-state index >= 15 is 0 Å². The van der Waals surface area contributed by atoms with Crippen LogP contribution in [-0.4, -0.2) is 56.0 Å². The largest absolute Gasteiger partial charge is 0.355 e. The number of guanidine groups is 1. The third kappa shape index (κ3) is 5.30. The molecule has 0 aliphatic carbocycles. The van der Waals surface area contributed by atoms with Crippen molar-refractivity contribution in [2.75, 3.05) is 27.2 Å². The molecule has 0 aliphatic rings. The van der Waals surface area contributed by atoms with Crippen molar-refractivity contribution >= 4 is 16.0 Å². The van der Waals surface area contributed by atoms with Gasteiger partial charge in [0.05, 0.1) is 6.54 Å². The molecule has 0 aliphatic heterocycles. The van der Waals surface area contributed by atoms with Crippen molar-refractivity contribution in [1.29, 1.82) is 0 Å². The lowest BCUT2D eigenvalue weighted by Gasteiger charge is -2.22. The highest BCUT2D eigenvalue weighted by Crippen LogP contribution is 2.05. The maximum atomic E-state index is 12.1. The number of pyridine rings is 1. The Hall–Kier alpha value is -2.39. The smallest absolute Gasteiger partial charge is 0.242 e. The summed E-state index contributed by atoms with van der Waals surface area (Å²) in [6.07, 6.45) is 4.85. The Morgan fingerprint density at radius 3 is 2.72 bits per heavy atom. The summed E-state index contributed by atoms with van der Waals surface area (Å²) in [6.45, 7) is 1.36. The van der Waals surface area contributed by atoms with Crippen molar-refractivity contribution in [3.05, 3.63) is 48.5 Å². The number of aryl methyl sites for hydroxylation is 1. The lowest BCUT2D eigenvalue weighted by atomic mass is 10.4. The van der Waals surface area contributed by atoms with Crippen LogP contribution in [0.2, 0.25) is 0 Å². The van der Waals surface area contributed by atoms with Crippen LogP contribution < -0.4 is 10.0 Å². The summed E-state index contributed by atoms with van der Waals surface area (Å²) in [5, 5.41) is 3.15. The van der Waals surface area contributed by atoms with Crippen LogP contribution in [0, 0.1) is 0 Å². The zero-order valence-electron chi connectivity index (χ0n) is 14.7. The summed E-state index contributed by atoms with van der Waals surface area (Å²) < 4.78 is 28.8. The predicted molar refractivity (Wildman–Crippen MR) is 97.7 cm³/mol. The van der Waals surface area contributed by atoms with E-state index in [4.69, 9.17) is 0 Å². The molecule has 0 amide bonds. The first-order valence-electron chi connectivity index (χ1n) is 7.85. The molecule has 0 unspecified atom stereocenters. The molecule has 0 atom stereocenters. The van der Waals surface area contributed by atoms with Gasteiger partial charge in [0.2, 0.25) is 10.0 Å². The van der Waals surface area contributed by atoms with Gasteiger partial charge in [-0.2, -0.15) is 0 Å². The van der Waals surface area contributed by atoms with E-state index in [1.165, 1.54) is 18.5 Å². The molecule has 0 fully saturated rings. The third-order valence-corrected chi connectivity index (χ3v) is 5.12. The van der Waals surface area contributed by atoms with Gasteiger partial charge in [-0.05, 0) is 24.3 Å². The van der Waals surface area contributed by atoms with Crippen molar-refractivity contribution in [3.8, 4) is 0 Å². The molecule has 2 rings (SSSR count). The normalized spacial score (nSPS) is 12.2. The molecule has 2 N–H and O–H groups in total. The topological polar surface area (TPSA) is 91.6 Å². The Morgan fingerprint density at radius 2 is 2.12 bits per heavy atom. The fourth-order valence-corrected chi connectivity index (χ4v) is 3.31. The van der Waals surface area contributed by atoms with Gasteiger partial charge < -0.3 is 14.8 Å². The van der Waals surface area contributed by atoms with Crippen molar-refractivity contribution in [2.45, 2.75) is 11.4 Å². The van der Waals surface area contributed by atoms with Crippen molar-refractivity contribution < 1.29 is 8.42 Å². The first kappa shape index (κ1) is 18.9. The number of sulfonamides is 1. The highest BCUT2D eigenvalue weighted by molar-refractivity contribution is 7.89. The average molecular weight is 364 g/mol. The Bertz CT molecular complexity index is 801. The van der Waals surface area contributed by atoms with Crippen molar-refractivity contribution in [3.63, 3.8) is 0 Å². The summed E-state index contributed by atoms with van der Waals surface area (Å²) in [4.78, 5) is 10.2. The van der Waals surface area contributed by atoms with E-state index in [-0.39, 0.29) is 11.4 Å². The SMILES string of the molecule is CN=C(NCCNS(=O)(=O)c1cccnc1)N(C)Cc1cccn1C. The number of nitrogens with one attached hydrogen (secondary N) is 2. The second-order valence-corrected chi connectivity index (χ2v) is 7.29. The summed E-state index contributed by atoms with van der Waals surface area (Å²) in [5.41, 5.74) is 1.16. The average Bonchev–Trinajstić information content (AvgIpc) is 3.00. The van der Waals surface area contributed by atoms with E-state index in [0.717, 1.165) is 5.69 Å². The standard InChI is InChI=1S/C16H24N6O2S/c1-17-16(22(3)13-14-6-5-11-21(14)2)19-9-10-20-25(23,24)15-7-4-8-18-12-15/h4-8,11-12,20H,9-10,13H2,1-3H3,(H,17,19). The Morgan fingerprint density at radius 1 is 1.32 bits per heavy atom. The molecule has 0 radical (unpaired) electrons. The van der Waals surface area contributed by atoms with Gasteiger partial charge in [0.25, 0.3) is 0 Å². The molecule has 0 spiro atoms. The van der Waals surface area contributed by atoms with Crippen molar-refractivity contribution in [2.24, 2.45) is 12.0 Å². The van der Waals surface area contributed by atoms with Gasteiger partial charge in [0.15, 0.2) is 5.96 Å². The quantitative estimate of drug-likeness (QED) is 0.422. The van der Waals surface area contributed by atoms with E-state index in [1.54, 1.807) is 13.1 Å². The maximum absolute atomic E-state index is 12.1. The van der Waals surface area contributed by atoms with Gasteiger partial charge in [-0.3, -0.25) is 9.98 Å². The Kier molecular flexibility index (Phi) is 6.54. The van der Waals surface area contributed by atoms with Crippen LogP contribution in [0.25, 0.3) is 0 Å². The molecule has 8 nitrogen and oxygen atoms in total. The number of rotatable bonds is 7. The van der Waals surface area contributed by atoms with E-state index in [9.17, 15) is 8.42 Å². The second-order valence-electron chi connectivity index (χ2n) is 5.53. The Balaban J connectivity index is 1.82. The van der Waals surface area contributed by atoms with Crippen LogP contribution in [0.4, 0.5) is 0 Å². The minimum Gasteiger partial charge on any atom is -0.355 e. The number of hydrogen-bond donors (Lipinski definition) is 2. The number of aromatic nitrogens is 2. The molecule has 0 saturated heterocycles. The van der Waals surface area contributed by atoms with E-state index in [2.05, 4.69) is 20.0 Å². The fraction of sp³-hybridized carbons (Fsp3) is 0.375. The lowest BCUT2D eigenvalue weighted by Crippen LogP contribution is -2.42. The van der Waals surface area contributed by atoms with Gasteiger partial charge in [-0.1, -0.05) is 0 Å². The Labute approximate surface area is 148 Å². The van der Waals surface area contributed by atoms with Gasteiger partial charge >= 0.3 is 0 Å². The highest BCUT2D eigenvalue weighted by Gasteiger charge is 2.13. The zero-order chi connectivity index (χ0) is 18.3. The first-order chi connectivity index (χ1) is 11.9. The lowest BCUT2D eigenvalue weighted by molar-refractivity contribution is 0.462. The maximum Gasteiger partial charge on any atom is 0.242 e. The van der Waals surface area contributed by atoms with E-state index in [0.29, 0.717) is 19.0 Å². The molecule has 2 aromatic heterocycles. The third-order valence-electron chi connectivity index (χ3n) is 3.67. The van der Waals surface area contributed by atoms with Gasteiger partial charge in [-0.15, -0.1) is 0 Å². The van der Waals surface area contributed by atoms with Crippen LogP contribution in [0.5, 0.6) is 0 Å². The molecule has 0 bridgehead atoms. The minimum absolute atomic E-state index is 0.153. The summed E-state index contributed by atoms with van der Waals surface area (Å²) in [5.74, 6) is 0.696. The highest BCUT2D eigenvalue weighted by atomic mass is 32.2. The van der Waals surface area contributed by atoms with Gasteiger partial charge in [0, 0.05) is 58.5 Å². The molecule has 136 valence electrons. The second kappa shape index (κ2) is 8.63. The van der Waals surface area contributed by atoms with Crippen LogP contribution in [0.3, 0.4) is 0 Å². The van der Waals surface area contributed by atoms with Gasteiger partial charge in [0.1, 0.15) is 4.90 Å². The van der Waals surface area contributed by atoms with Crippen molar-refractivity contribution in [1.82, 2.24) is 24.5 Å². The molecule has 9 heteroatoms. The van der Waals surface area contributed by atoms with Crippen LogP contribution in [0.15, 0.2) is 52.7 Å². The molecule has 2 heterocycles. The van der Waals surface area contributed by atoms with Gasteiger partial charge in [-0.25, -0.2) is 13.1 Å². The summed E-state index contributed by atoms with van der Waals surface area (Å²) in [7, 11) is 2.08. The number of nitrogens with zero attached hydrogens (tertiary/aromatic N) is 4. The summed E-state index contributed by atoms with van der Waals surface area (Å²) in [6, 6.07) is 7.14. The van der Waals surface area contributed by atoms with E-state index in [1.807, 2.05) is 41.9 Å². The molecular formula is C16H24N6O2S. The molecule has 0 aromatic carbocycles. The summed E-state index contributed by atoms with van der Waals surface area (Å²) >= 11 is 0. The predicted octanol–water partition coefficient (Wildman–Crippen LogP) is 0.406. The van der Waals surface area contributed by atoms with E-state index < -0.39 is 10.0 Å². The number of hydrogen-bond acceptors (Lipinski definition) is 4. The number of aliphatic imine (C=N–C) groups is 1. The monoisotopic (exact) mass is 364 g/mol. The van der Waals surface area contributed by atoms with Crippen LogP contribution >= 0.6 is 0 Å². The molecular weight excluding hydrogens is 340 g/mol. The van der Waals surface area contributed by atoms with Crippen LogP contribution in [0.1, 0.15) is 5.69 Å². The molecule has 2 aromatic rings. The fourth-order valence-electron chi connectivity index (χ4n) is 2.31. The van der Waals surface area contributed by atoms with Crippen LogP contribution in [-0.2, 0) is 23.6 Å². The first-order valence-corrected chi connectivity index (χ1v) is 9.34. The molecule has 0 saturated carbocycles.